The summed E-state index contributed by atoms with van der Waals surface area (Å²) in [5.74, 6) is 0. The van der Waals surface area contributed by atoms with Gasteiger partial charge in [0.15, 0.2) is 0 Å². The van der Waals surface area contributed by atoms with Gasteiger partial charge in [0.1, 0.15) is 0 Å². The first kappa shape index (κ1) is 8.97. The lowest BCUT2D eigenvalue weighted by atomic mass is 9.93. The number of nitrogens with one attached hydrogen (secondary N) is 1. The second kappa shape index (κ2) is 4.04. The van der Waals surface area contributed by atoms with Gasteiger partial charge in [-0.15, -0.1) is 0 Å². The summed E-state index contributed by atoms with van der Waals surface area (Å²) in [6, 6.07) is 0. The Morgan fingerprint density at radius 3 is 3.18 bits per heavy atom. The Balaban J connectivity index is 2.38. The third-order valence-corrected chi connectivity index (χ3v) is 1.92. The zero-order chi connectivity index (χ0) is 8.16. The van der Waals surface area contributed by atoms with Crippen molar-refractivity contribution in [3.63, 3.8) is 0 Å². The lowest BCUT2D eigenvalue weighted by Crippen LogP contribution is -2.36. The van der Waals surface area contributed by atoms with E-state index in [4.69, 9.17) is 9.47 Å². The first-order chi connectivity index (χ1) is 5.27. The van der Waals surface area contributed by atoms with Gasteiger partial charge in [-0.25, -0.2) is 0 Å². The molecule has 1 rings (SSSR count). The van der Waals surface area contributed by atoms with Gasteiger partial charge in [-0.3, -0.25) is 0 Å². The third-order valence-electron chi connectivity index (χ3n) is 1.92. The Morgan fingerprint density at radius 2 is 2.45 bits per heavy atom. The van der Waals surface area contributed by atoms with Crippen LogP contribution in [0.4, 0.5) is 0 Å². The first-order valence-electron chi connectivity index (χ1n) is 4.04. The second-order valence-corrected chi connectivity index (χ2v) is 3.47. The van der Waals surface area contributed by atoms with Gasteiger partial charge in [-0.1, -0.05) is 6.92 Å². The summed E-state index contributed by atoms with van der Waals surface area (Å²) in [5.41, 5.74) is 0.158. The average molecular weight is 159 g/mol. The van der Waals surface area contributed by atoms with Gasteiger partial charge >= 0.3 is 0 Å². The highest BCUT2D eigenvalue weighted by molar-refractivity contribution is 4.78. The monoisotopic (exact) mass is 159 g/mol. The molecule has 0 aromatic carbocycles. The molecule has 1 aliphatic heterocycles. The van der Waals surface area contributed by atoms with Gasteiger partial charge in [0.25, 0.3) is 0 Å². The van der Waals surface area contributed by atoms with E-state index in [9.17, 15) is 0 Å². The molecule has 1 fully saturated rings. The number of hydrogen-bond acceptors (Lipinski definition) is 3. The number of methoxy groups -OCH3 is 1. The van der Waals surface area contributed by atoms with Gasteiger partial charge in [0.2, 0.25) is 0 Å². The fourth-order valence-electron chi connectivity index (χ4n) is 1.35. The number of ether oxygens (including phenoxy) is 2. The Kier molecular flexibility index (Phi) is 3.30. The maximum absolute atomic E-state index is 5.42. The van der Waals surface area contributed by atoms with Gasteiger partial charge in [0.05, 0.1) is 19.8 Å². The Morgan fingerprint density at radius 1 is 1.64 bits per heavy atom. The minimum atomic E-state index is 0.158. The molecule has 11 heavy (non-hydrogen) atoms. The molecule has 1 heterocycles. The highest BCUT2D eigenvalue weighted by Crippen LogP contribution is 2.17. The molecule has 3 nitrogen and oxygen atoms in total. The maximum Gasteiger partial charge on any atom is 0.0591 e. The summed E-state index contributed by atoms with van der Waals surface area (Å²) in [7, 11) is 1.73. The largest absolute Gasteiger partial charge is 0.384 e. The van der Waals surface area contributed by atoms with Crippen molar-refractivity contribution in [2.24, 2.45) is 5.41 Å². The molecule has 0 aromatic heterocycles. The van der Waals surface area contributed by atoms with Crippen molar-refractivity contribution in [3.8, 4) is 0 Å². The van der Waals surface area contributed by atoms with Crippen LogP contribution in [0.2, 0.25) is 0 Å². The van der Waals surface area contributed by atoms with Crippen LogP contribution in [0.5, 0.6) is 0 Å². The van der Waals surface area contributed by atoms with Crippen molar-refractivity contribution >= 4 is 0 Å². The quantitative estimate of drug-likeness (QED) is 0.627. The van der Waals surface area contributed by atoms with E-state index in [1.165, 1.54) is 0 Å². The van der Waals surface area contributed by atoms with E-state index >= 15 is 0 Å². The Hall–Kier alpha value is -0.120. The van der Waals surface area contributed by atoms with Gasteiger partial charge < -0.3 is 14.8 Å². The van der Waals surface area contributed by atoms with E-state index in [2.05, 4.69) is 12.2 Å². The van der Waals surface area contributed by atoms with Crippen molar-refractivity contribution in [2.45, 2.75) is 6.92 Å². The van der Waals surface area contributed by atoms with Crippen LogP contribution in [0.3, 0.4) is 0 Å². The third kappa shape index (κ3) is 2.77. The Labute approximate surface area is 68.1 Å². The molecule has 3 heteroatoms. The molecule has 0 bridgehead atoms. The highest BCUT2D eigenvalue weighted by Gasteiger charge is 2.25. The normalized spacial score (nSPS) is 33.3. The molecule has 0 spiro atoms. The number of rotatable bonds is 2. The van der Waals surface area contributed by atoms with E-state index in [0.29, 0.717) is 0 Å². The van der Waals surface area contributed by atoms with Crippen molar-refractivity contribution in [2.75, 3.05) is 40.0 Å². The van der Waals surface area contributed by atoms with Crippen molar-refractivity contribution in [3.05, 3.63) is 0 Å². The smallest absolute Gasteiger partial charge is 0.0591 e. The van der Waals surface area contributed by atoms with Crippen LogP contribution in [0.25, 0.3) is 0 Å². The van der Waals surface area contributed by atoms with Gasteiger partial charge in [-0.05, 0) is 0 Å². The summed E-state index contributed by atoms with van der Waals surface area (Å²) in [4.78, 5) is 0. The summed E-state index contributed by atoms with van der Waals surface area (Å²) < 4.78 is 10.5. The van der Waals surface area contributed by atoms with E-state index < -0.39 is 0 Å². The van der Waals surface area contributed by atoms with Gasteiger partial charge in [0, 0.05) is 25.6 Å². The van der Waals surface area contributed by atoms with Gasteiger partial charge in [-0.2, -0.15) is 0 Å². The SMILES string of the molecule is COC[C@@]1(C)CNCCOC1. The summed E-state index contributed by atoms with van der Waals surface area (Å²) in [5, 5.41) is 3.32. The topological polar surface area (TPSA) is 30.5 Å². The molecular weight excluding hydrogens is 142 g/mol. The van der Waals surface area contributed by atoms with E-state index in [0.717, 1.165) is 32.9 Å². The van der Waals surface area contributed by atoms with Crippen LogP contribution < -0.4 is 5.32 Å². The van der Waals surface area contributed by atoms with Crippen LogP contribution in [0.15, 0.2) is 0 Å². The van der Waals surface area contributed by atoms with Crippen molar-refractivity contribution < 1.29 is 9.47 Å². The summed E-state index contributed by atoms with van der Waals surface area (Å²) in [6.07, 6.45) is 0. The molecule has 66 valence electrons. The molecule has 0 saturated carbocycles. The van der Waals surface area contributed by atoms with Crippen molar-refractivity contribution in [1.29, 1.82) is 0 Å². The molecule has 0 aromatic rings. The molecule has 0 radical (unpaired) electrons. The minimum Gasteiger partial charge on any atom is -0.384 e. The maximum atomic E-state index is 5.42. The van der Waals surface area contributed by atoms with Crippen LogP contribution in [0.1, 0.15) is 6.92 Å². The zero-order valence-electron chi connectivity index (χ0n) is 7.35. The van der Waals surface area contributed by atoms with Crippen LogP contribution in [0, 0.1) is 5.41 Å². The molecule has 1 atom stereocenters. The molecule has 0 aliphatic carbocycles. The van der Waals surface area contributed by atoms with Crippen molar-refractivity contribution in [1.82, 2.24) is 5.32 Å². The second-order valence-electron chi connectivity index (χ2n) is 3.47. The van der Waals surface area contributed by atoms with E-state index in [1.54, 1.807) is 7.11 Å². The Bertz CT molecular complexity index is 109. The fourth-order valence-corrected chi connectivity index (χ4v) is 1.35. The number of hydrogen-bond donors (Lipinski definition) is 1. The molecule has 0 amide bonds. The zero-order valence-corrected chi connectivity index (χ0v) is 7.35. The molecule has 0 unspecified atom stereocenters. The molecule has 1 aliphatic rings. The minimum absolute atomic E-state index is 0.158. The van der Waals surface area contributed by atoms with Crippen LogP contribution in [-0.2, 0) is 9.47 Å². The first-order valence-corrected chi connectivity index (χ1v) is 4.04. The van der Waals surface area contributed by atoms with E-state index in [1.807, 2.05) is 0 Å². The lowest BCUT2D eigenvalue weighted by molar-refractivity contribution is 0.0220. The molecule has 1 saturated heterocycles. The van der Waals surface area contributed by atoms with Crippen LogP contribution >= 0.6 is 0 Å². The highest BCUT2D eigenvalue weighted by atomic mass is 16.5. The van der Waals surface area contributed by atoms with E-state index in [-0.39, 0.29) is 5.41 Å². The standard InChI is InChI=1S/C8H17NO2/c1-8(6-10-2)5-9-3-4-11-7-8/h9H,3-7H2,1-2H3/t8-/m1/s1. The molecule has 1 N–H and O–H groups in total. The fraction of sp³-hybridized carbons (Fsp3) is 1.00. The predicted molar refractivity (Wildman–Crippen MR) is 43.7 cm³/mol. The predicted octanol–water partition coefficient (Wildman–Crippen LogP) is 0.259. The molecular formula is C8H17NO2. The average Bonchev–Trinajstić information content (AvgIpc) is 2.15. The summed E-state index contributed by atoms with van der Waals surface area (Å²) in [6.45, 7) is 6.50. The lowest BCUT2D eigenvalue weighted by Gasteiger charge is -2.25. The van der Waals surface area contributed by atoms with Crippen LogP contribution in [-0.4, -0.2) is 40.0 Å². The summed E-state index contributed by atoms with van der Waals surface area (Å²) >= 11 is 0.